The molecule has 57 heavy (non-hydrogen) atoms. The Balaban J connectivity index is 0.000000190. The van der Waals surface area contributed by atoms with E-state index in [-0.39, 0.29) is 0 Å². The molecule has 284 valence electrons. The summed E-state index contributed by atoms with van der Waals surface area (Å²) in [6.45, 7) is 11.4. The second kappa shape index (κ2) is 21.1. The van der Waals surface area contributed by atoms with Crippen molar-refractivity contribution in [2.24, 2.45) is 0 Å². The monoisotopic (exact) mass is 752 g/mol. The molecule has 9 heteroatoms. The van der Waals surface area contributed by atoms with Gasteiger partial charge in [0.05, 0.1) is 47.1 Å². The predicted molar refractivity (Wildman–Crippen MR) is 222 cm³/mol. The minimum Gasteiger partial charge on any atom is -0.388 e. The highest BCUT2D eigenvalue weighted by Gasteiger charge is 2.15. The maximum atomic E-state index is 10.9. The van der Waals surface area contributed by atoms with E-state index in [9.17, 15) is 15.0 Å². The van der Waals surface area contributed by atoms with E-state index >= 15 is 0 Å². The van der Waals surface area contributed by atoms with E-state index in [0.717, 1.165) is 80.3 Å². The van der Waals surface area contributed by atoms with E-state index in [1.807, 2.05) is 75.4 Å². The van der Waals surface area contributed by atoms with Gasteiger partial charge in [0.15, 0.2) is 6.29 Å². The van der Waals surface area contributed by atoms with Crippen LogP contribution in [0.4, 0.5) is 0 Å². The van der Waals surface area contributed by atoms with E-state index in [0.29, 0.717) is 28.7 Å². The van der Waals surface area contributed by atoms with Gasteiger partial charge in [-0.05, 0) is 115 Å². The van der Waals surface area contributed by atoms with Crippen LogP contribution in [0.2, 0.25) is 0 Å². The molecule has 0 amide bonds. The number of hydrogen-bond donors (Lipinski definition) is 2. The molecular formula is C48H44N6O3. The molecule has 0 spiro atoms. The van der Waals surface area contributed by atoms with Gasteiger partial charge in [-0.15, -0.1) is 6.58 Å². The molecule has 0 fully saturated rings. The van der Waals surface area contributed by atoms with Crippen molar-refractivity contribution in [3.63, 3.8) is 0 Å². The predicted octanol–water partition coefficient (Wildman–Crippen LogP) is 10.0. The largest absolute Gasteiger partial charge is 0.388 e. The molecule has 0 saturated heterocycles. The number of aryl methyl sites for hydroxylation is 3. The standard InChI is InChI=1S/C17H18N2O.C17H16N2O.C14H10N2O/c2*1-3-4-17(20)15-7-8-19-11-16(15)13-5-6-14(10-18)12(2)9-13;1-10-6-11(2-3-12(10)7-15)14-8-16-5-4-13(14)9-17/h5-9,11,17,20H,3-4H2,1-2H3;3,5-9,11,17,20H,1,4H2,2H3;2-6,8-9H,1H3. The highest BCUT2D eigenvalue weighted by molar-refractivity contribution is 5.87. The van der Waals surface area contributed by atoms with Crippen LogP contribution in [-0.4, -0.2) is 31.5 Å². The summed E-state index contributed by atoms with van der Waals surface area (Å²) in [6.07, 6.45) is 13.7. The summed E-state index contributed by atoms with van der Waals surface area (Å²) in [5.74, 6) is 0. The number of nitriles is 3. The van der Waals surface area contributed by atoms with Crippen molar-refractivity contribution >= 4 is 6.29 Å². The van der Waals surface area contributed by atoms with Crippen LogP contribution in [0.1, 0.15) is 93.3 Å². The van der Waals surface area contributed by atoms with E-state index < -0.39 is 12.2 Å². The summed E-state index contributed by atoms with van der Waals surface area (Å²) in [4.78, 5) is 23.2. The van der Waals surface area contributed by atoms with Gasteiger partial charge in [-0.25, -0.2) is 0 Å². The first-order chi connectivity index (χ1) is 27.6. The lowest BCUT2D eigenvalue weighted by atomic mass is 9.94. The molecule has 2 unspecified atom stereocenters. The number of aliphatic hydroxyl groups excluding tert-OH is 2. The molecule has 2 atom stereocenters. The third-order valence-electron chi connectivity index (χ3n) is 9.33. The molecule has 6 rings (SSSR count). The van der Waals surface area contributed by atoms with Gasteiger partial charge < -0.3 is 10.2 Å². The molecule has 9 nitrogen and oxygen atoms in total. The van der Waals surface area contributed by atoms with Crippen molar-refractivity contribution in [3.8, 4) is 51.6 Å². The molecule has 3 aromatic heterocycles. The first kappa shape index (κ1) is 42.6. The Morgan fingerprint density at radius 3 is 1.42 bits per heavy atom. The number of aliphatic hydroxyl groups is 2. The highest BCUT2D eigenvalue weighted by Crippen LogP contribution is 2.32. The van der Waals surface area contributed by atoms with Crippen LogP contribution in [0.5, 0.6) is 0 Å². The van der Waals surface area contributed by atoms with E-state index in [2.05, 4.69) is 46.7 Å². The molecule has 3 heterocycles. The Morgan fingerprint density at radius 2 is 1.04 bits per heavy atom. The number of nitrogens with zero attached hydrogens (tertiary/aromatic N) is 6. The lowest BCUT2D eigenvalue weighted by Gasteiger charge is -2.15. The fourth-order valence-corrected chi connectivity index (χ4v) is 6.21. The van der Waals surface area contributed by atoms with Crippen LogP contribution < -0.4 is 0 Å². The highest BCUT2D eigenvalue weighted by atomic mass is 16.3. The number of rotatable bonds is 10. The average Bonchev–Trinajstić information content (AvgIpc) is 3.24. The van der Waals surface area contributed by atoms with Gasteiger partial charge in [0.2, 0.25) is 0 Å². The first-order valence-corrected chi connectivity index (χ1v) is 18.4. The Labute approximate surface area is 334 Å². The van der Waals surface area contributed by atoms with Crippen molar-refractivity contribution in [2.75, 3.05) is 0 Å². The minimum absolute atomic E-state index is 0.478. The fraction of sp³-hybridized carbons (Fsp3) is 0.188. The third-order valence-corrected chi connectivity index (χ3v) is 9.33. The molecule has 0 bridgehead atoms. The summed E-state index contributed by atoms with van der Waals surface area (Å²) < 4.78 is 0. The number of benzene rings is 3. The maximum absolute atomic E-state index is 10.9. The molecule has 3 aromatic carbocycles. The number of aldehydes is 1. The van der Waals surface area contributed by atoms with Crippen LogP contribution >= 0.6 is 0 Å². The van der Waals surface area contributed by atoms with Gasteiger partial charge >= 0.3 is 0 Å². The normalized spacial score (nSPS) is 11.1. The number of carbonyl (C=O) groups excluding carboxylic acids is 1. The minimum atomic E-state index is -0.596. The summed E-state index contributed by atoms with van der Waals surface area (Å²) in [6, 6.07) is 28.6. The number of carbonyl (C=O) groups is 1. The Morgan fingerprint density at radius 1 is 0.632 bits per heavy atom. The summed E-state index contributed by atoms with van der Waals surface area (Å²) in [5, 5.41) is 47.3. The van der Waals surface area contributed by atoms with Crippen molar-refractivity contribution in [2.45, 2.75) is 59.2 Å². The molecule has 0 aliphatic carbocycles. The Bertz CT molecular complexity index is 2470. The maximum Gasteiger partial charge on any atom is 0.150 e. The molecule has 0 aliphatic rings. The zero-order valence-electron chi connectivity index (χ0n) is 32.5. The SMILES string of the molecule is C=CCC(O)c1ccncc1-c1ccc(C#N)c(C)c1.CCCC(O)c1ccncc1-c1ccc(C#N)c(C)c1.Cc1cc(-c2cnccc2C=O)ccc1C#N. The van der Waals surface area contributed by atoms with Crippen molar-refractivity contribution < 1.29 is 15.0 Å². The first-order valence-electron chi connectivity index (χ1n) is 18.4. The van der Waals surface area contributed by atoms with Crippen LogP contribution in [0.25, 0.3) is 33.4 Å². The smallest absolute Gasteiger partial charge is 0.150 e. The molecular weight excluding hydrogens is 709 g/mol. The second-order valence-electron chi connectivity index (χ2n) is 13.3. The molecule has 0 saturated carbocycles. The van der Waals surface area contributed by atoms with Crippen LogP contribution in [0, 0.1) is 54.8 Å². The summed E-state index contributed by atoms with van der Waals surface area (Å²) >= 11 is 0. The number of hydrogen-bond acceptors (Lipinski definition) is 9. The van der Waals surface area contributed by atoms with Crippen molar-refractivity contribution in [3.05, 3.63) is 173 Å². The van der Waals surface area contributed by atoms with Gasteiger partial charge in [0, 0.05) is 59.4 Å². The molecule has 0 radical (unpaired) electrons. The van der Waals surface area contributed by atoms with Crippen LogP contribution in [-0.2, 0) is 0 Å². The van der Waals surface area contributed by atoms with Crippen LogP contribution in [0.15, 0.2) is 123 Å². The Hall–Kier alpha value is -7.09. The third kappa shape index (κ3) is 11.0. The average molecular weight is 753 g/mol. The lowest BCUT2D eigenvalue weighted by Crippen LogP contribution is -2.00. The van der Waals surface area contributed by atoms with Crippen molar-refractivity contribution in [1.29, 1.82) is 15.8 Å². The van der Waals surface area contributed by atoms with E-state index in [1.165, 1.54) is 0 Å². The van der Waals surface area contributed by atoms with Gasteiger partial charge in [0.25, 0.3) is 0 Å². The number of pyridine rings is 3. The number of aromatic nitrogens is 3. The zero-order chi connectivity index (χ0) is 41.3. The fourth-order valence-electron chi connectivity index (χ4n) is 6.21. The van der Waals surface area contributed by atoms with Crippen molar-refractivity contribution in [1.82, 2.24) is 15.0 Å². The summed E-state index contributed by atoms with van der Waals surface area (Å²) in [5.41, 5.74) is 12.5. The van der Waals surface area contributed by atoms with Gasteiger partial charge in [-0.1, -0.05) is 55.8 Å². The van der Waals surface area contributed by atoms with Crippen LogP contribution in [0.3, 0.4) is 0 Å². The molecule has 6 aromatic rings. The van der Waals surface area contributed by atoms with Gasteiger partial charge in [0.1, 0.15) is 0 Å². The van der Waals surface area contributed by atoms with E-state index in [4.69, 9.17) is 15.8 Å². The summed E-state index contributed by atoms with van der Waals surface area (Å²) in [7, 11) is 0. The zero-order valence-corrected chi connectivity index (χ0v) is 32.5. The Kier molecular flexibility index (Phi) is 15.8. The lowest BCUT2D eigenvalue weighted by molar-refractivity contribution is 0.112. The quantitative estimate of drug-likeness (QED) is 0.102. The van der Waals surface area contributed by atoms with E-state index in [1.54, 1.807) is 61.5 Å². The van der Waals surface area contributed by atoms with Gasteiger partial charge in [-0.2, -0.15) is 15.8 Å². The molecule has 2 N–H and O–H groups in total. The molecule has 0 aliphatic heterocycles. The van der Waals surface area contributed by atoms with Gasteiger partial charge in [-0.3, -0.25) is 19.7 Å². The second-order valence-corrected chi connectivity index (χ2v) is 13.3. The topological polar surface area (TPSA) is 168 Å².